The number of hydrazine groups is 1. The molecule has 1 heterocycles. The molecular formula is C25H22BrN3O6. The Morgan fingerprint density at radius 3 is 2.23 bits per heavy atom. The Hall–Kier alpha value is -3.53. The third kappa shape index (κ3) is 4.34. The van der Waals surface area contributed by atoms with Gasteiger partial charge in [-0.2, -0.15) is 0 Å². The number of halogens is 1. The maximum atomic E-state index is 13.0. The minimum Gasteiger partial charge on any atom is -0.452 e. The highest BCUT2D eigenvalue weighted by atomic mass is 79.9. The monoisotopic (exact) mass is 539 g/mol. The molecule has 0 radical (unpaired) electrons. The van der Waals surface area contributed by atoms with E-state index in [9.17, 15) is 24.0 Å². The summed E-state index contributed by atoms with van der Waals surface area (Å²) in [6.07, 6.45) is 2.91. The molecule has 9 nitrogen and oxygen atoms in total. The number of amides is 4. The summed E-state index contributed by atoms with van der Waals surface area (Å²) in [6.45, 7) is -0.626. The van der Waals surface area contributed by atoms with Crippen LogP contribution in [-0.2, 0) is 19.1 Å². The van der Waals surface area contributed by atoms with E-state index in [4.69, 9.17) is 4.74 Å². The van der Waals surface area contributed by atoms with Crippen molar-refractivity contribution in [1.29, 1.82) is 0 Å². The van der Waals surface area contributed by atoms with E-state index in [1.165, 1.54) is 17.0 Å². The number of carbonyl (C=O) groups is 5. The SMILES string of the molecule is O=C(COC(=O)c1cccc(N2C(=O)[C@@H]3[C@H]4CC[C@@H](C4)[C@@H]3C2=O)c1)NNC(=O)c1ccc(Br)cc1. The summed E-state index contributed by atoms with van der Waals surface area (Å²) in [5.74, 6) is -2.42. The highest BCUT2D eigenvalue weighted by Gasteiger charge is 2.61. The smallest absolute Gasteiger partial charge is 0.338 e. The van der Waals surface area contributed by atoms with Gasteiger partial charge in [0.1, 0.15) is 0 Å². The number of nitrogens with one attached hydrogen (secondary N) is 2. The van der Waals surface area contributed by atoms with Crippen LogP contribution in [-0.4, -0.2) is 36.2 Å². The Kier molecular flexibility index (Phi) is 6.14. The highest BCUT2D eigenvalue weighted by Crippen LogP contribution is 2.56. The Morgan fingerprint density at radius 1 is 0.914 bits per heavy atom. The Morgan fingerprint density at radius 2 is 1.57 bits per heavy atom. The molecule has 0 spiro atoms. The molecule has 2 aliphatic carbocycles. The van der Waals surface area contributed by atoms with Gasteiger partial charge in [-0.25, -0.2) is 4.79 Å². The van der Waals surface area contributed by atoms with Gasteiger partial charge in [0.05, 0.1) is 23.1 Å². The van der Waals surface area contributed by atoms with Crippen LogP contribution >= 0.6 is 15.9 Å². The number of hydrogen-bond acceptors (Lipinski definition) is 6. The molecule has 2 aromatic rings. The molecule has 4 amide bonds. The predicted molar refractivity (Wildman–Crippen MR) is 127 cm³/mol. The van der Waals surface area contributed by atoms with E-state index in [-0.39, 0.29) is 41.0 Å². The number of benzene rings is 2. The van der Waals surface area contributed by atoms with Crippen molar-refractivity contribution in [2.75, 3.05) is 11.5 Å². The first-order valence-electron chi connectivity index (χ1n) is 11.3. The molecule has 1 aliphatic heterocycles. The van der Waals surface area contributed by atoms with Gasteiger partial charge >= 0.3 is 5.97 Å². The van der Waals surface area contributed by atoms with E-state index >= 15 is 0 Å². The van der Waals surface area contributed by atoms with Crippen molar-refractivity contribution in [2.24, 2.45) is 23.7 Å². The van der Waals surface area contributed by atoms with Crippen LogP contribution in [0.2, 0.25) is 0 Å². The van der Waals surface area contributed by atoms with Crippen molar-refractivity contribution in [1.82, 2.24) is 10.9 Å². The van der Waals surface area contributed by atoms with E-state index in [2.05, 4.69) is 26.8 Å². The molecule has 4 atom stereocenters. The molecule has 35 heavy (non-hydrogen) atoms. The summed E-state index contributed by atoms with van der Waals surface area (Å²) < 4.78 is 5.84. The minimum atomic E-state index is -0.791. The number of esters is 1. The average Bonchev–Trinajstić information content (AvgIpc) is 3.55. The van der Waals surface area contributed by atoms with Gasteiger partial charge in [0.15, 0.2) is 6.61 Å². The second-order valence-corrected chi connectivity index (χ2v) is 9.95. The lowest BCUT2D eigenvalue weighted by Crippen LogP contribution is -2.43. The largest absolute Gasteiger partial charge is 0.452 e. The van der Waals surface area contributed by atoms with Crippen LogP contribution in [0, 0.1) is 23.7 Å². The van der Waals surface area contributed by atoms with Gasteiger partial charge in [-0.1, -0.05) is 22.0 Å². The second-order valence-electron chi connectivity index (χ2n) is 9.03. The fourth-order valence-corrected chi connectivity index (χ4v) is 5.75. The zero-order valence-corrected chi connectivity index (χ0v) is 20.1. The van der Waals surface area contributed by atoms with Crippen molar-refractivity contribution in [3.8, 4) is 0 Å². The van der Waals surface area contributed by atoms with Crippen molar-refractivity contribution in [2.45, 2.75) is 19.3 Å². The summed E-state index contributed by atoms with van der Waals surface area (Å²) in [6, 6.07) is 12.6. The van der Waals surface area contributed by atoms with E-state index in [1.54, 1.807) is 36.4 Å². The molecule has 2 aromatic carbocycles. The van der Waals surface area contributed by atoms with E-state index in [0.29, 0.717) is 11.3 Å². The minimum absolute atomic E-state index is 0.106. The summed E-state index contributed by atoms with van der Waals surface area (Å²) in [4.78, 5) is 63.8. The number of hydrogen-bond donors (Lipinski definition) is 2. The van der Waals surface area contributed by atoms with Crippen LogP contribution in [0.15, 0.2) is 53.0 Å². The van der Waals surface area contributed by atoms with Gasteiger partial charge in [-0.3, -0.25) is 34.9 Å². The summed E-state index contributed by atoms with van der Waals surface area (Å²) >= 11 is 3.27. The molecule has 2 bridgehead atoms. The van der Waals surface area contributed by atoms with Gasteiger partial charge in [0, 0.05) is 10.0 Å². The molecule has 5 rings (SSSR count). The molecule has 0 aromatic heterocycles. The van der Waals surface area contributed by atoms with Gasteiger partial charge < -0.3 is 4.74 Å². The zero-order chi connectivity index (χ0) is 24.7. The summed E-state index contributed by atoms with van der Waals surface area (Å²) in [5, 5.41) is 0. The topological polar surface area (TPSA) is 122 Å². The first-order chi connectivity index (χ1) is 16.8. The van der Waals surface area contributed by atoms with Gasteiger partial charge in [-0.15, -0.1) is 0 Å². The Bertz CT molecular complexity index is 1200. The molecule has 10 heteroatoms. The maximum absolute atomic E-state index is 13.0. The Labute approximate surface area is 209 Å². The number of ether oxygens (including phenoxy) is 1. The van der Waals surface area contributed by atoms with Crippen molar-refractivity contribution in [3.05, 3.63) is 64.1 Å². The van der Waals surface area contributed by atoms with E-state index in [1.807, 2.05) is 0 Å². The maximum Gasteiger partial charge on any atom is 0.338 e. The van der Waals surface area contributed by atoms with Crippen LogP contribution in [0.3, 0.4) is 0 Å². The molecule has 0 unspecified atom stereocenters. The number of carbonyl (C=O) groups excluding carboxylic acids is 5. The molecular weight excluding hydrogens is 518 g/mol. The van der Waals surface area contributed by atoms with Crippen LogP contribution in [0.4, 0.5) is 5.69 Å². The third-order valence-electron chi connectivity index (χ3n) is 7.02. The van der Waals surface area contributed by atoms with Crippen LogP contribution in [0.25, 0.3) is 0 Å². The first kappa shape index (κ1) is 23.2. The standard InChI is InChI=1S/C25H22BrN3O6/c26-17-8-6-13(7-9-17)22(31)28-27-19(30)12-35-25(34)16-2-1-3-18(11-16)29-23(32)20-14-4-5-15(10-14)21(20)24(29)33/h1-3,6-9,11,14-15,20-21H,4-5,10,12H2,(H,27,30)(H,28,31)/t14-,15-,20-,21+/m0/s1. The predicted octanol–water partition coefficient (Wildman–Crippen LogP) is 2.60. The quantitative estimate of drug-likeness (QED) is 0.342. The first-order valence-corrected chi connectivity index (χ1v) is 12.1. The average molecular weight is 540 g/mol. The fourth-order valence-electron chi connectivity index (χ4n) is 5.49. The normalized spacial score (nSPS) is 24.3. The summed E-state index contributed by atoms with van der Waals surface area (Å²) in [5.41, 5.74) is 5.20. The number of imide groups is 1. The zero-order valence-electron chi connectivity index (χ0n) is 18.5. The van der Waals surface area contributed by atoms with Gasteiger partial charge in [0.2, 0.25) is 11.8 Å². The van der Waals surface area contributed by atoms with Crippen molar-refractivity contribution in [3.63, 3.8) is 0 Å². The van der Waals surface area contributed by atoms with Gasteiger partial charge in [0.25, 0.3) is 11.8 Å². The molecule has 180 valence electrons. The third-order valence-corrected chi connectivity index (χ3v) is 7.55. The van der Waals surface area contributed by atoms with E-state index < -0.39 is 24.4 Å². The van der Waals surface area contributed by atoms with Crippen LogP contribution in [0.1, 0.15) is 40.0 Å². The molecule has 2 saturated carbocycles. The Balaban J connectivity index is 1.17. The molecule has 2 N–H and O–H groups in total. The lowest BCUT2D eigenvalue weighted by atomic mass is 9.81. The fraction of sp³-hybridized carbons (Fsp3) is 0.320. The molecule has 3 fully saturated rings. The number of rotatable bonds is 5. The van der Waals surface area contributed by atoms with Crippen molar-refractivity contribution >= 4 is 51.2 Å². The summed E-state index contributed by atoms with van der Waals surface area (Å²) in [7, 11) is 0. The lowest BCUT2D eigenvalue weighted by molar-refractivity contribution is -0.125. The number of fused-ring (bicyclic) bond motifs is 5. The lowest BCUT2D eigenvalue weighted by Gasteiger charge is -2.19. The van der Waals surface area contributed by atoms with Crippen LogP contribution in [0.5, 0.6) is 0 Å². The molecule has 3 aliphatic rings. The molecule has 1 saturated heterocycles. The van der Waals surface area contributed by atoms with Crippen molar-refractivity contribution < 1.29 is 28.7 Å². The second kappa shape index (κ2) is 9.26. The van der Waals surface area contributed by atoms with Crippen LogP contribution < -0.4 is 15.8 Å². The van der Waals surface area contributed by atoms with Gasteiger partial charge in [-0.05, 0) is 73.6 Å². The van der Waals surface area contributed by atoms with E-state index in [0.717, 1.165) is 23.7 Å². The number of anilines is 1. The number of nitrogens with zero attached hydrogens (tertiary/aromatic N) is 1. The highest BCUT2D eigenvalue weighted by molar-refractivity contribution is 9.10.